The average Bonchev–Trinajstić information content (AvgIpc) is 2.64. The van der Waals surface area contributed by atoms with Crippen molar-refractivity contribution in [3.8, 4) is 0 Å². The predicted octanol–water partition coefficient (Wildman–Crippen LogP) is 4.08. The van der Waals surface area contributed by atoms with Crippen molar-refractivity contribution >= 4 is 30.8 Å². The molecule has 1 unspecified atom stereocenters. The van der Waals surface area contributed by atoms with Crippen LogP contribution in [-0.2, 0) is 17.9 Å². The smallest absolute Gasteiger partial charge is 0.325 e. The van der Waals surface area contributed by atoms with Gasteiger partial charge in [-0.1, -0.05) is 67.6 Å². The first-order chi connectivity index (χ1) is 12.1. The Bertz CT molecular complexity index is 700. The number of hydrogen-bond acceptors (Lipinski definition) is 3. The Kier molecular flexibility index (Phi) is 9.27. The van der Waals surface area contributed by atoms with Crippen molar-refractivity contribution in [2.75, 3.05) is 19.6 Å². The van der Waals surface area contributed by atoms with Gasteiger partial charge in [-0.05, 0) is 17.5 Å². The fraction of sp³-hybridized carbons (Fsp3) is 0.381. The van der Waals surface area contributed by atoms with Crippen LogP contribution in [0.5, 0.6) is 0 Å². The molecule has 3 rings (SSSR count). The summed E-state index contributed by atoms with van der Waals surface area (Å²) in [5.74, 6) is -0.719. The zero-order chi connectivity index (χ0) is 17.7. The second kappa shape index (κ2) is 10.7. The maximum Gasteiger partial charge on any atom is 0.325 e. The number of hydrogen-bond donors (Lipinski definition) is 1. The van der Waals surface area contributed by atoms with Crippen LogP contribution in [0, 0.1) is 0 Å². The number of halogens is 2. The molecule has 0 aliphatic carbocycles. The van der Waals surface area contributed by atoms with Crippen LogP contribution in [0.3, 0.4) is 0 Å². The summed E-state index contributed by atoms with van der Waals surface area (Å²) in [5.41, 5.74) is 1.57. The van der Waals surface area contributed by atoms with Crippen LogP contribution < -0.4 is 0 Å². The summed E-state index contributed by atoms with van der Waals surface area (Å²) in [7, 11) is 0. The molecule has 1 heterocycles. The van der Waals surface area contributed by atoms with Crippen LogP contribution in [0.15, 0.2) is 60.7 Å². The highest BCUT2D eigenvalue weighted by Crippen LogP contribution is 2.28. The van der Waals surface area contributed by atoms with Crippen molar-refractivity contribution in [2.24, 2.45) is 0 Å². The Morgan fingerprint density at radius 3 is 1.93 bits per heavy atom. The summed E-state index contributed by atoms with van der Waals surface area (Å²) in [6, 6.07) is 20.4. The van der Waals surface area contributed by atoms with Crippen molar-refractivity contribution < 1.29 is 9.90 Å². The molecule has 0 aromatic heterocycles. The molecule has 1 N–H and O–H groups in total. The number of carbonyl (C=O) groups is 1. The third-order valence-corrected chi connectivity index (χ3v) is 5.22. The zero-order valence-corrected chi connectivity index (χ0v) is 17.2. The van der Waals surface area contributed by atoms with Gasteiger partial charge >= 0.3 is 5.97 Å². The van der Waals surface area contributed by atoms with E-state index in [2.05, 4.69) is 34.1 Å². The van der Waals surface area contributed by atoms with Crippen molar-refractivity contribution in [2.45, 2.75) is 32.0 Å². The zero-order valence-electron chi connectivity index (χ0n) is 15.6. The second-order valence-corrected chi connectivity index (χ2v) is 6.79. The number of aliphatic carboxylic acids is 1. The molecule has 6 heteroatoms. The van der Waals surface area contributed by atoms with Crippen molar-refractivity contribution in [1.82, 2.24) is 9.80 Å². The minimum atomic E-state index is -0.830. The molecule has 27 heavy (non-hydrogen) atoms. The Hall–Kier alpha value is -1.59. The minimum absolute atomic E-state index is 0. The van der Waals surface area contributed by atoms with Crippen molar-refractivity contribution in [3.63, 3.8) is 0 Å². The summed E-state index contributed by atoms with van der Waals surface area (Å²) in [5, 5.41) is 10.1. The highest BCUT2D eigenvalue weighted by molar-refractivity contribution is 5.85. The number of benzene rings is 2. The summed E-state index contributed by atoms with van der Waals surface area (Å²) in [6.07, 6.45) is 0.598. The molecule has 1 atom stereocenters. The first kappa shape index (κ1) is 23.4. The SMILES string of the molecule is CCC1(C(=O)O)CN(Cc2ccccc2)CCN1Cc1ccccc1.Cl.Cl. The Morgan fingerprint density at radius 1 is 0.926 bits per heavy atom. The topological polar surface area (TPSA) is 43.8 Å². The summed E-state index contributed by atoms with van der Waals surface area (Å²) in [4.78, 5) is 16.7. The molecule has 1 fully saturated rings. The number of piperazine rings is 1. The van der Waals surface area contributed by atoms with Crippen LogP contribution in [0.25, 0.3) is 0 Å². The molecule has 0 saturated carbocycles. The normalized spacial score (nSPS) is 20.3. The molecule has 0 radical (unpaired) electrons. The summed E-state index contributed by atoms with van der Waals surface area (Å²) in [6.45, 7) is 5.67. The Labute approximate surface area is 174 Å². The van der Waals surface area contributed by atoms with E-state index in [0.717, 1.165) is 25.2 Å². The van der Waals surface area contributed by atoms with E-state index in [0.29, 0.717) is 19.5 Å². The van der Waals surface area contributed by atoms with Crippen molar-refractivity contribution in [3.05, 3.63) is 71.8 Å². The van der Waals surface area contributed by atoms with Gasteiger partial charge < -0.3 is 5.11 Å². The lowest BCUT2D eigenvalue weighted by molar-refractivity contribution is -0.158. The van der Waals surface area contributed by atoms with E-state index in [1.807, 2.05) is 43.3 Å². The van der Waals surface area contributed by atoms with Crippen molar-refractivity contribution in [1.29, 1.82) is 0 Å². The van der Waals surface area contributed by atoms with Gasteiger partial charge in [0, 0.05) is 32.7 Å². The van der Waals surface area contributed by atoms with Crippen LogP contribution in [-0.4, -0.2) is 46.0 Å². The lowest BCUT2D eigenvalue weighted by atomic mass is 9.89. The number of carboxylic acids is 1. The molecule has 2 aromatic carbocycles. The number of carboxylic acid groups (broad SMARTS) is 1. The Morgan fingerprint density at radius 2 is 1.44 bits per heavy atom. The van der Waals surface area contributed by atoms with E-state index in [-0.39, 0.29) is 24.8 Å². The monoisotopic (exact) mass is 410 g/mol. The third-order valence-electron chi connectivity index (χ3n) is 5.22. The van der Waals surface area contributed by atoms with Gasteiger partial charge in [0.2, 0.25) is 0 Å². The first-order valence-corrected chi connectivity index (χ1v) is 8.93. The van der Waals surface area contributed by atoms with Gasteiger partial charge in [-0.3, -0.25) is 14.6 Å². The first-order valence-electron chi connectivity index (χ1n) is 8.93. The molecule has 2 aromatic rings. The quantitative estimate of drug-likeness (QED) is 0.778. The summed E-state index contributed by atoms with van der Waals surface area (Å²) >= 11 is 0. The van der Waals surface area contributed by atoms with Gasteiger partial charge in [0.1, 0.15) is 5.54 Å². The fourth-order valence-corrected chi connectivity index (χ4v) is 3.73. The lowest BCUT2D eigenvalue weighted by Crippen LogP contribution is -2.65. The van der Waals surface area contributed by atoms with Crippen LogP contribution in [0.4, 0.5) is 0 Å². The van der Waals surface area contributed by atoms with E-state index < -0.39 is 11.5 Å². The highest BCUT2D eigenvalue weighted by atomic mass is 35.5. The maximum atomic E-state index is 12.2. The fourth-order valence-electron chi connectivity index (χ4n) is 3.73. The standard InChI is InChI=1S/C21H26N2O2.2ClH/c1-2-21(20(24)25)17-22(15-18-9-5-3-6-10-18)13-14-23(21)16-19-11-7-4-8-12-19;;/h3-12H,2,13-17H2,1H3,(H,24,25);2*1H. The predicted molar refractivity (Wildman–Crippen MR) is 114 cm³/mol. The van der Waals surface area contributed by atoms with Gasteiger partial charge in [0.05, 0.1) is 0 Å². The van der Waals surface area contributed by atoms with Crippen LogP contribution >= 0.6 is 24.8 Å². The molecule has 1 aliphatic heterocycles. The lowest BCUT2D eigenvalue weighted by Gasteiger charge is -2.48. The van der Waals surface area contributed by atoms with E-state index in [1.54, 1.807) is 0 Å². The average molecular weight is 411 g/mol. The van der Waals surface area contributed by atoms with Gasteiger partial charge in [-0.25, -0.2) is 0 Å². The molecule has 0 amide bonds. The number of nitrogens with zero attached hydrogens (tertiary/aromatic N) is 2. The molecular formula is C21H28Cl2N2O2. The molecular weight excluding hydrogens is 383 g/mol. The van der Waals surface area contributed by atoms with Crippen LogP contribution in [0.1, 0.15) is 24.5 Å². The van der Waals surface area contributed by atoms with Gasteiger partial charge in [0.25, 0.3) is 0 Å². The van der Waals surface area contributed by atoms with E-state index >= 15 is 0 Å². The third kappa shape index (κ3) is 5.45. The molecule has 4 nitrogen and oxygen atoms in total. The van der Waals surface area contributed by atoms with E-state index in [9.17, 15) is 9.90 Å². The second-order valence-electron chi connectivity index (χ2n) is 6.79. The molecule has 0 bridgehead atoms. The van der Waals surface area contributed by atoms with E-state index in [1.165, 1.54) is 5.56 Å². The molecule has 1 saturated heterocycles. The van der Waals surface area contributed by atoms with Gasteiger partial charge in [-0.2, -0.15) is 0 Å². The number of rotatable bonds is 6. The molecule has 1 aliphatic rings. The van der Waals surface area contributed by atoms with Crippen LogP contribution in [0.2, 0.25) is 0 Å². The largest absolute Gasteiger partial charge is 0.480 e. The van der Waals surface area contributed by atoms with E-state index in [4.69, 9.17) is 0 Å². The maximum absolute atomic E-state index is 12.2. The molecule has 148 valence electrons. The Balaban J connectivity index is 0.00000182. The summed E-state index contributed by atoms with van der Waals surface area (Å²) < 4.78 is 0. The molecule has 0 spiro atoms. The minimum Gasteiger partial charge on any atom is -0.480 e. The van der Waals surface area contributed by atoms with Gasteiger partial charge in [0.15, 0.2) is 0 Å². The van der Waals surface area contributed by atoms with Gasteiger partial charge in [-0.15, -0.1) is 24.8 Å². The highest BCUT2D eigenvalue weighted by Gasteiger charge is 2.46.